The van der Waals surface area contributed by atoms with Crippen LogP contribution in [0.1, 0.15) is 22.8 Å². The number of hydrogen-bond donors (Lipinski definition) is 0. The van der Waals surface area contributed by atoms with Crippen molar-refractivity contribution in [3.63, 3.8) is 0 Å². The van der Waals surface area contributed by atoms with Crippen LogP contribution in [0.5, 0.6) is 0 Å². The smallest absolute Gasteiger partial charge is 0.262 e. The van der Waals surface area contributed by atoms with Crippen molar-refractivity contribution in [3.05, 3.63) is 82.9 Å². The van der Waals surface area contributed by atoms with Gasteiger partial charge in [0.15, 0.2) is 0 Å². The molecule has 0 fully saturated rings. The third kappa shape index (κ3) is 2.94. The van der Waals surface area contributed by atoms with E-state index in [1.807, 2.05) is 66.7 Å². The van der Waals surface area contributed by atoms with E-state index in [0.717, 1.165) is 27.6 Å². The molecule has 1 aliphatic rings. The Hall–Kier alpha value is -2.23. The van der Waals surface area contributed by atoms with Gasteiger partial charge in [0, 0.05) is 20.4 Å². The number of rotatable bonds is 2. The van der Waals surface area contributed by atoms with E-state index in [1.54, 1.807) is 16.7 Å². The molecule has 1 aliphatic heterocycles. The summed E-state index contributed by atoms with van der Waals surface area (Å²) in [6, 6.07) is 21.5. The van der Waals surface area contributed by atoms with E-state index in [2.05, 4.69) is 6.92 Å². The number of para-hydroxylation sites is 1. The maximum absolute atomic E-state index is 13.3. The van der Waals surface area contributed by atoms with Crippen molar-refractivity contribution in [3.8, 4) is 0 Å². The Bertz CT molecular complexity index is 952. The molecule has 3 aromatic rings. The molecule has 4 heteroatoms. The molecule has 124 valence electrons. The van der Waals surface area contributed by atoms with E-state index in [1.165, 1.54) is 5.56 Å². The first-order valence-corrected chi connectivity index (χ1v) is 9.36. The summed E-state index contributed by atoms with van der Waals surface area (Å²) in [5.74, 6) is -0.0427. The molecule has 0 unspecified atom stereocenters. The molecule has 0 aromatic heterocycles. The highest BCUT2D eigenvalue weighted by atomic mass is 35.5. The summed E-state index contributed by atoms with van der Waals surface area (Å²) >= 11 is 7.87. The molecule has 0 atom stereocenters. The van der Waals surface area contributed by atoms with Crippen molar-refractivity contribution in [2.75, 3.05) is 4.90 Å². The molecule has 0 saturated heterocycles. The maximum atomic E-state index is 13.3. The zero-order valence-electron chi connectivity index (χ0n) is 13.7. The van der Waals surface area contributed by atoms with Crippen molar-refractivity contribution in [1.82, 2.24) is 0 Å². The SMILES string of the molecule is CCc1ccc(C(=O)N2c3ccccc3Sc3ccc(Cl)cc32)cc1. The van der Waals surface area contributed by atoms with Crippen molar-refractivity contribution < 1.29 is 4.79 Å². The molecule has 0 spiro atoms. The van der Waals surface area contributed by atoms with E-state index in [9.17, 15) is 4.79 Å². The van der Waals surface area contributed by atoms with E-state index in [4.69, 9.17) is 11.6 Å². The van der Waals surface area contributed by atoms with Crippen LogP contribution in [-0.4, -0.2) is 5.91 Å². The van der Waals surface area contributed by atoms with Crippen molar-refractivity contribution in [2.24, 2.45) is 0 Å². The van der Waals surface area contributed by atoms with Crippen LogP contribution in [0.2, 0.25) is 5.02 Å². The number of benzene rings is 3. The van der Waals surface area contributed by atoms with Gasteiger partial charge in [-0.1, -0.05) is 54.6 Å². The Balaban J connectivity index is 1.85. The van der Waals surface area contributed by atoms with Gasteiger partial charge in [0.25, 0.3) is 5.91 Å². The summed E-state index contributed by atoms with van der Waals surface area (Å²) in [6.45, 7) is 2.10. The van der Waals surface area contributed by atoms with Gasteiger partial charge in [-0.25, -0.2) is 0 Å². The Morgan fingerprint density at radius 3 is 2.44 bits per heavy atom. The third-order valence-electron chi connectivity index (χ3n) is 4.30. The molecular weight excluding hydrogens is 350 g/mol. The highest BCUT2D eigenvalue weighted by molar-refractivity contribution is 7.99. The zero-order valence-corrected chi connectivity index (χ0v) is 15.3. The fourth-order valence-corrected chi connectivity index (χ4v) is 4.16. The first kappa shape index (κ1) is 16.2. The van der Waals surface area contributed by atoms with Crippen LogP contribution in [-0.2, 0) is 6.42 Å². The van der Waals surface area contributed by atoms with Gasteiger partial charge in [-0.3, -0.25) is 9.69 Å². The molecule has 0 bridgehead atoms. The summed E-state index contributed by atoms with van der Waals surface area (Å²) in [5, 5.41) is 0.623. The number of carbonyl (C=O) groups is 1. The predicted molar refractivity (Wildman–Crippen MR) is 104 cm³/mol. The average molecular weight is 366 g/mol. The van der Waals surface area contributed by atoms with Gasteiger partial charge in [0.1, 0.15) is 0 Å². The van der Waals surface area contributed by atoms with Crippen molar-refractivity contribution in [1.29, 1.82) is 0 Å². The average Bonchev–Trinajstić information content (AvgIpc) is 2.66. The van der Waals surface area contributed by atoms with E-state index >= 15 is 0 Å². The van der Waals surface area contributed by atoms with Gasteiger partial charge in [-0.05, 0) is 54.4 Å². The number of nitrogens with zero attached hydrogens (tertiary/aromatic N) is 1. The molecule has 0 N–H and O–H groups in total. The second kappa shape index (κ2) is 6.58. The van der Waals surface area contributed by atoms with Crippen LogP contribution < -0.4 is 4.90 Å². The monoisotopic (exact) mass is 365 g/mol. The van der Waals surface area contributed by atoms with E-state index < -0.39 is 0 Å². The number of aryl methyl sites for hydroxylation is 1. The molecular formula is C21H16ClNOS. The Morgan fingerprint density at radius 1 is 0.960 bits per heavy atom. The normalized spacial score (nSPS) is 12.5. The van der Waals surface area contributed by atoms with Crippen LogP contribution in [0.3, 0.4) is 0 Å². The number of amides is 1. The maximum Gasteiger partial charge on any atom is 0.262 e. The van der Waals surface area contributed by atoms with Gasteiger partial charge >= 0.3 is 0 Å². The molecule has 1 heterocycles. The Kier molecular flexibility index (Phi) is 4.28. The Morgan fingerprint density at radius 2 is 1.68 bits per heavy atom. The summed E-state index contributed by atoms with van der Waals surface area (Å²) in [4.78, 5) is 17.2. The topological polar surface area (TPSA) is 20.3 Å². The van der Waals surface area contributed by atoms with Crippen LogP contribution in [0.4, 0.5) is 11.4 Å². The van der Waals surface area contributed by atoms with Crippen molar-refractivity contribution >= 4 is 40.6 Å². The lowest BCUT2D eigenvalue weighted by atomic mass is 10.1. The number of carbonyl (C=O) groups excluding carboxylic acids is 1. The number of fused-ring (bicyclic) bond motifs is 2. The zero-order chi connectivity index (χ0) is 17.4. The molecule has 2 nitrogen and oxygen atoms in total. The number of hydrogen-bond acceptors (Lipinski definition) is 2. The van der Waals surface area contributed by atoms with Gasteiger partial charge in [-0.2, -0.15) is 0 Å². The fraction of sp³-hybridized carbons (Fsp3) is 0.0952. The van der Waals surface area contributed by atoms with Crippen LogP contribution in [0.15, 0.2) is 76.5 Å². The number of anilines is 2. The number of halogens is 1. The van der Waals surface area contributed by atoms with Crippen LogP contribution in [0.25, 0.3) is 0 Å². The molecule has 0 saturated carbocycles. The molecule has 0 radical (unpaired) electrons. The van der Waals surface area contributed by atoms with E-state index in [0.29, 0.717) is 10.6 Å². The predicted octanol–water partition coefficient (Wildman–Crippen LogP) is 6.35. The molecule has 3 aromatic carbocycles. The minimum Gasteiger partial charge on any atom is -0.275 e. The summed E-state index contributed by atoms with van der Waals surface area (Å²) in [5.41, 5.74) is 3.62. The Labute approximate surface area is 156 Å². The molecule has 4 rings (SSSR count). The second-order valence-electron chi connectivity index (χ2n) is 5.87. The summed E-state index contributed by atoms with van der Waals surface area (Å²) in [6.07, 6.45) is 0.954. The molecule has 0 aliphatic carbocycles. The molecule has 1 amide bonds. The van der Waals surface area contributed by atoms with Crippen LogP contribution in [0, 0.1) is 0 Å². The lowest BCUT2D eigenvalue weighted by molar-refractivity contribution is 0.0998. The standard InChI is InChI=1S/C21H16ClNOS/c1-2-14-7-9-15(10-8-14)21(24)23-17-5-3-4-6-19(17)25-20-12-11-16(22)13-18(20)23/h3-13H,2H2,1H3. The first-order valence-electron chi connectivity index (χ1n) is 8.17. The fourth-order valence-electron chi connectivity index (χ4n) is 2.96. The quantitative estimate of drug-likeness (QED) is 0.527. The van der Waals surface area contributed by atoms with Gasteiger partial charge in [0.2, 0.25) is 0 Å². The second-order valence-corrected chi connectivity index (χ2v) is 7.39. The lowest BCUT2D eigenvalue weighted by Gasteiger charge is -2.31. The first-order chi connectivity index (χ1) is 12.2. The van der Waals surface area contributed by atoms with Gasteiger partial charge in [-0.15, -0.1) is 0 Å². The third-order valence-corrected chi connectivity index (χ3v) is 5.67. The van der Waals surface area contributed by atoms with Crippen molar-refractivity contribution in [2.45, 2.75) is 23.1 Å². The minimum atomic E-state index is -0.0427. The van der Waals surface area contributed by atoms with Crippen LogP contribution >= 0.6 is 23.4 Å². The van der Waals surface area contributed by atoms with E-state index in [-0.39, 0.29) is 5.91 Å². The van der Waals surface area contributed by atoms with Gasteiger partial charge in [0.05, 0.1) is 11.4 Å². The summed E-state index contributed by atoms with van der Waals surface area (Å²) < 4.78 is 0. The molecule has 25 heavy (non-hydrogen) atoms. The highest BCUT2D eigenvalue weighted by Crippen LogP contribution is 2.49. The summed E-state index contributed by atoms with van der Waals surface area (Å²) in [7, 11) is 0. The van der Waals surface area contributed by atoms with Gasteiger partial charge < -0.3 is 0 Å². The largest absolute Gasteiger partial charge is 0.275 e. The lowest BCUT2D eigenvalue weighted by Crippen LogP contribution is -2.28. The minimum absolute atomic E-state index is 0.0427. The highest BCUT2D eigenvalue weighted by Gasteiger charge is 2.29.